The molecule has 0 N–H and O–H groups in total. The van der Waals surface area contributed by atoms with E-state index in [1.807, 2.05) is 0 Å². The largest absolute Gasteiger partial charge is 0.491 e. The molecule has 0 fully saturated rings. The van der Waals surface area contributed by atoms with E-state index < -0.39 is 6.67 Å². The van der Waals surface area contributed by atoms with Crippen LogP contribution in [0.25, 0.3) is 0 Å². The third-order valence-electron chi connectivity index (χ3n) is 0.699. The number of rotatable bonds is 1. The molecule has 0 aromatic carbocycles. The van der Waals surface area contributed by atoms with Gasteiger partial charge < -0.3 is 4.74 Å². The minimum absolute atomic E-state index is 0.231. The molecule has 1 unspecified atom stereocenters. The topological polar surface area (TPSA) is 9.23 Å². The minimum Gasteiger partial charge on any atom is -0.491 e. The van der Waals surface area contributed by atoms with Crippen molar-refractivity contribution in [2.75, 3.05) is 6.67 Å². The SMILES string of the molecule is FCC1C=CO1. The van der Waals surface area contributed by atoms with Crippen molar-refractivity contribution in [3.05, 3.63) is 12.3 Å². The van der Waals surface area contributed by atoms with Crippen LogP contribution in [0.3, 0.4) is 0 Å². The van der Waals surface area contributed by atoms with Crippen molar-refractivity contribution in [2.45, 2.75) is 6.10 Å². The zero-order chi connectivity index (χ0) is 4.41. The average molecular weight is 88.1 g/mol. The fourth-order valence-corrected chi connectivity index (χ4v) is 0.277. The Balaban J connectivity index is 2.21. The van der Waals surface area contributed by atoms with Gasteiger partial charge in [0.25, 0.3) is 0 Å². The van der Waals surface area contributed by atoms with Crippen LogP contribution in [0.1, 0.15) is 0 Å². The smallest absolute Gasteiger partial charge is 0.147 e. The summed E-state index contributed by atoms with van der Waals surface area (Å²) in [7, 11) is 0. The van der Waals surface area contributed by atoms with Crippen LogP contribution < -0.4 is 0 Å². The van der Waals surface area contributed by atoms with Crippen LogP contribution >= 0.6 is 0 Å². The van der Waals surface area contributed by atoms with Crippen molar-refractivity contribution < 1.29 is 9.13 Å². The summed E-state index contributed by atoms with van der Waals surface area (Å²) >= 11 is 0. The Labute approximate surface area is 35.4 Å². The summed E-state index contributed by atoms with van der Waals surface area (Å²) in [5.74, 6) is 0. The standard InChI is InChI=1S/C4H5FO/c5-3-4-1-2-6-4/h1-2,4H,3H2. The maximum atomic E-state index is 11.3. The van der Waals surface area contributed by atoms with Gasteiger partial charge in [0.2, 0.25) is 0 Å². The number of alkyl halides is 1. The zero-order valence-electron chi connectivity index (χ0n) is 3.23. The molecule has 34 valence electrons. The summed E-state index contributed by atoms with van der Waals surface area (Å²) in [5, 5.41) is 0. The van der Waals surface area contributed by atoms with E-state index in [4.69, 9.17) is 0 Å². The van der Waals surface area contributed by atoms with E-state index in [1.165, 1.54) is 6.26 Å². The molecule has 1 heterocycles. The average Bonchev–Trinajstić information content (AvgIpc) is 1.31. The Morgan fingerprint density at radius 1 is 1.83 bits per heavy atom. The van der Waals surface area contributed by atoms with Crippen molar-refractivity contribution >= 4 is 0 Å². The number of hydrogen-bond acceptors (Lipinski definition) is 1. The molecule has 2 heteroatoms. The Kier molecular flexibility index (Phi) is 0.783. The second kappa shape index (κ2) is 1.29. The van der Waals surface area contributed by atoms with E-state index in [0.717, 1.165) is 0 Å². The van der Waals surface area contributed by atoms with Gasteiger partial charge in [-0.1, -0.05) is 0 Å². The van der Waals surface area contributed by atoms with E-state index in [-0.39, 0.29) is 6.10 Å². The first kappa shape index (κ1) is 3.65. The predicted octanol–water partition coefficient (Wildman–Crippen LogP) is 0.868. The monoisotopic (exact) mass is 88.0 g/mol. The van der Waals surface area contributed by atoms with E-state index in [0.29, 0.717) is 0 Å². The minimum atomic E-state index is -0.392. The summed E-state index contributed by atoms with van der Waals surface area (Å²) in [6.45, 7) is -0.392. The van der Waals surface area contributed by atoms with Gasteiger partial charge in [-0.05, 0) is 6.08 Å². The molecule has 1 rings (SSSR count). The summed E-state index contributed by atoms with van der Waals surface area (Å²) in [4.78, 5) is 0. The van der Waals surface area contributed by atoms with Crippen molar-refractivity contribution in [1.29, 1.82) is 0 Å². The van der Waals surface area contributed by atoms with Crippen molar-refractivity contribution in [2.24, 2.45) is 0 Å². The first-order valence-electron chi connectivity index (χ1n) is 1.81. The summed E-state index contributed by atoms with van der Waals surface area (Å²) in [6, 6.07) is 0. The molecular weight excluding hydrogens is 83.0 g/mol. The maximum Gasteiger partial charge on any atom is 0.147 e. The molecule has 1 aliphatic heterocycles. The van der Waals surface area contributed by atoms with Crippen LogP contribution in [-0.2, 0) is 4.74 Å². The molecule has 0 saturated carbocycles. The zero-order valence-corrected chi connectivity index (χ0v) is 3.23. The second-order valence-corrected chi connectivity index (χ2v) is 1.16. The highest BCUT2D eigenvalue weighted by atomic mass is 19.1. The third-order valence-corrected chi connectivity index (χ3v) is 0.699. The van der Waals surface area contributed by atoms with E-state index in [1.54, 1.807) is 6.08 Å². The second-order valence-electron chi connectivity index (χ2n) is 1.16. The van der Waals surface area contributed by atoms with Gasteiger partial charge >= 0.3 is 0 Å². The van der Waals surface area contributed by atoms with Crippen LogP contribution in [-0.4, -0.2) is 12.8 Å². The summed E-state index contributed by atoms with van der Waals surface area (Å²) in [5.41, 5.74) is 0. The van der Waals surface area contributed by atoms with Gasteiger partial charge in [-0.15, -0.1) is 0 Å². The summed E-state index contributed by atoms with van der Waals surface area (Å²) < 4.78 is 15.8. The van der Waals surface area contributed by atoms with Gasteiger partial charge in [-0.3, -0.25) is 0 Å². The molecule has 1 atom stereocenters. The van der Waals surface area contributed by atoms with Crippen LogP contribution in [0, 0.1) is 0 Å². The van der Waals surface area contributed by atoms with Crippen molar-refractivity contribution in [1.82, 2.24) is 0 Å². The first-order chi connectivity index (χ1) is 2.93. The lowest BCUT2D eigenvalue weighted by atomic mass is 10.3. The van der Waals surface area contributed by atoms with E-state index in [2.05, 4.69) is 4.74 Å². The molecule has 0 saturated heterocycles. The number of ether oxygens (including phenoxy) is 1. The highest BCUT2D eigenvalue weighted by Gasteiger charge is 2.07. The molecule has 0 spiro atoms. The molecule has 0 amide bonds. The van der Waals surface area contributed by atoms with Gasteiger partial charge in [0.15, 0.2) is 0 Å². The number of halogens is 1. The fourth-order valence-electron chi connectivity index (χ4n) is 0.277. The molecule has 1 aliphatic rings. The van der Waals surface area contributed by atoms with Gasteiger partial charge in [-0.25, -0.2) is 4.39 Å². The van der Waals surface area contributed by atoms with Crippen molar-refractivity contribution in [3.8, 4) is 0 Å². The van der Waals surface area contributed by atoms with Gasteiger partial charge in [0, 0.05) is 0 Å². The molecular formula is C4H5FO. The summed E-state index contributed by atoms with van der Waals surface area (Å²) in [6.07, 6.45) is 2.94. The molecule has 0 bridgehead atoms. The van der Waals surface area contributed by atoms with Crippen LogP contribution in [0.4, 0.5) is 4.39 Å². The van der Waals surface area contributed by atoms with Gasteiger partial charge in [0.05, 0.1) is 6.26 Å². The maximum absolute atomic E-state index is 11.3. The molecule has 0 radical (unpaired) electrons. The first-order valence-corrected chi connectivity index (χ1v) is 1.81. The molecule has 1 nitrogen and oxygen atoms in total. The Morgan fingerprint density at radius 2 is 2.50 bits per heavy atom. The Bertz CT molecular complexity index is 69.9. The molecule has 0 aromatic heterocycles. The quantitative estimate of drug-likeness (QED) is 0.462. The van der Waals surface area contributed by atoms with E-state index in [9.17, 15) is 4.39 Å². The lowest BCUT2D eigenvalue weighted by molar-refractivity contribution is 0.113. The molecule has 0 aliphatic carbocycles. The highest BCUT2D eigenvalue weighted by molar-refractivity contribution is 4.93. The lowest BCUT2D eigenvalue weighted by Gasteiger charge is -2.14. The predicted molar refractivity (Wildman–Crippen MR) is 20.0 cm³/mol. The molecule has 0 aromatic rings. The fraction of sp³-hybridized carbons (Fsp3) is 0.500. The lowest BCUT2D eigenvalue weighted by Crippen LogP contribution is -2.15. The Morgan fingerprint density at radius 3 is 2.50 bits per heavy atom. The van der Waals surface area contributed by atoms with Crippen LogP contribution in [0.5, 0.6) is 0 Å². The van der Waals surface area contributed by atoms with Crippen LogP contribution in [0.15, 0.2) is 12.3 Å². The number of hydrogen-bond donors (Lipinski definition) is 0. The van der Waals surface area contributed by atoms with Gasteiger partial charge in [0.1, 0.15) is 12.8 Å². The molecule has 6 heavy (non-hydrogen) atoms. The van der Waals surface area contributed by atoms with Gasteiger partial charge in [-0.2, -0.15) is 0 Å². The van der Waals surface area contributed by atoms with Crippen molar-refractivity contribution in [3.63, 3.8) is 0 Å². The van der Waals surface area contributed by atoms with E-state index >= 15 is 0 Å². The normalized spacial score (nSPS) is 28.5. The highest BCUT2D eigenvalue weighted by Crippen LogP contribution is 2.04. The van der Waals surface area contributed by atoms with Crippen LogP contribution in [0.2, 0.25) is 0 Å². The third kappa shape index (κ3) is 0.379. The Hall–Kier alpha value is -0.530.